The molecule has 57 heavy (non-hydrogen) atoms. The van der Waals surface area contributed by atoms with Crippen LogP contribution in [0.4, 0.5) is 0 Å². The molecule has 4 aliphatic rings. The number of hydrogen-bond acceptors (Lipinski definition) is 8. The number of nitrogens with one attached hydrogen (secondary N) is 1. The summed E-state index contributed by atoms with van der Waals surface area (Å²) in [4.78, 5) is 90.1. The SMILES string of the molecule is CCC[C@H](CC(=O)[C@@H]1C[C@]2(CC(c3cccc(Cl)c3)=NO2)CN1C(=O)[C@@H](NC(=O)CC1CCCCC1)C(C)(C)C)C(=O)C(=O)Cc1ccc2c(c1)CC(=O)C=C2C. The van der Waals surface area contributed by atoms with Gasteiger partial charge in [-0.25, -0.2) is 0 Å². The van der Waals surface area contributed by atoms with Crippen LogP contribution in [0.15, 0.2) is 53.7 Å². The minimum Gasteiger partial charge on any atom is -0.387 e. The highest BCUT2D eigenvalue weighted by atomic mass is 35.5. The number of fused-ring (bicyclic) bond motifs is 1. The molecule has 2 heterocycles. The van der Waals surface area contributed by atoms with Crippen LogP contribution in [-0.4, -0.2) is 69.8 Å². The van der Waals surface area contributed by atoms with Gasteiger partial charge in [-0.3, -0.25) is 28.8 Å². The lowest BCUT2D eigenvalue weighted by atomic mass is 9.83. The van der Waals surface area contributed by atoms with E-state index in [0.29, 0.717) is 42.0 Å². The van der Waals surface area contributed by atoms with Crippen LogP contribution in [0.1, 0.15) is 128 Å². The van der Waals surface area contributed by atoms with E-state index in [0.717, 1.165) is 47.9 Å². The first-order valence-electron chi connectivity index (χ1n) is 20.6. The van der Waals surface area contributed by atoms with Crippen molar-refractivity contribution in [1.82, 2.24) is 10.2 Å². The fraction of sp³-hybridized carbons (Fsp3) is 0.543. The lowest BCUT2D eigenvalue weighted by Gasteiger charge is -2.36. The van der Waals surface area contributed by atoms with Crippen LogP contribution >= 0.6 is 11.6 Å². The predicted octanol–water partition coefficient (Wildman–Crippen LogP) is 7.59. The predicted molar refractivity (Wildman–Crippen MR) is 220 cm³/mol. The summed E-state index contributed by atoms with van der Waals surface area (Å²) in [6.07, 6.45) is 8.55. The Morgan fingerprint density at radius 3 is 2.51 bits per heavy atom. The molecule has 1 N–H and O–H groups in total. The van der Waals surface area contributed by atoms with Crippen molar-refractivity contribution in [3.8, 4) is 0 Å². The fourth-order valence-corrected chi connectivity index (χ4v) is 9.28. The number of nitrogens with zero attached hydrogens (tertiary/aromatic N) is 2. The van der Waals surface area contributed by atoms with Crippen molar-refractivity contribution in [3.05, 3.63) is 75.8 Å². The van der Waals surface area contributed by atoms with Gasteiger partial charge >= 0.3 is 0 Å². The molecule has 2 amide bonds. The Labute approximate surface area is 341 Å². The molecular formula is C46H56ClN3O7. The van der Waals surface area contributed by atoms with E-state index in [9.17, 15) is 28.8 Å². The topological polar surface area (TPSA) is 139 Å². The van der Waals surface area contributed by atoms with Gasteiger partial charge in [0.2, 0.25) is 23.4 Å². The first-order valence-corrected chi connectivity index (χ1v) is 21.0. The van der Waals surface area contributed by atoms with Crippen LogP contribution in [0.25, 0.3) is 5.57 Å². The molecule has 0 radical (unpaired) electrons. The molecule has 2 aliphatic heterocycles. The Hall–Kier alpha value is -4.44. The smallest absolute Gasteiger partial charge is 0.246 e. The molecule has 0 bridgehead atoms. The van der Waals surface area contributed by atoms with Crippen molar-refractivity contribution in [1.29, 1.82) is 0 Å². The minimum atomic E-state index is -1.01. The summed E-state index contributed by atoms with van der Waals surface area (Å²) in [6.45, 7) is 9.51. The number of carbonyl (C=O) groups is 6. The number of halogens is 1. The number of hydrogen-bond donors (Lipinski definition) is 1. The van der Waals surface area contributed by atoms with Crippen molar-refractivity contribution in [3.63, 3.8) is 0 Å². The summed E-state index contributed by atoms with van der Waals surface area (Å²) < 4.78 is 0. The molecule has 10 nitrogen and oxygen atoms in total. The molecule has 1 saturated carbocycles. The van der Waals surface area contributed by atoms with E-state index in [-0.39, 0.29) is 61.5 Å². The molecule has 11 heteroatoms. The van der Waals surface area contributed by atoms with Crippen LogP contribution in [0.2, 0.25) is 5.02 Å². The van der Waals surface area contributed by atoms with E-state index in [1.54, 1.807) is 24.3 Å². The van der Waals surface area contributed by atoms with E-state index < -0.39 is 40.6 Å². The molecule has 6 rings (SSSR count). The molecular weight excluding hydrogens is 742 g/mol. The lowest BCUT2D eigenvalue weighted by Crippen LogP contribution is -2.57. The Balaban J connectivity index is 1.22. The van der Waals surface area contributed by atoms with Crippen LogP contribution in [0, 0.1) is 17.3 Å². The lowest BCUT2D eigenvalue weighted by molar-refractivity contribution is -0.145. The van der Waals surface area contributed by atoms with Gasteiger partial charge in [0.1, 0.15) is 6.04 Å². The Kier molecular flexibility index (Phi) is 13.0. The van der Waals surface area contributed by atoms with Crippen molar-refractivity contribution in [2.45, 2.75) is 136 Å². The molecule has 1 spiro atoms. The maximum atomic E-state index is 14.8. The molecule has 2 aliphatic carbocycles. The number of likely N-dealkylation sites (tertiary alicyclic amines) is 1. The first kappa shape index (κ1) is 42.2. The van der Waals surface area contributed by atoms with Crippen LogP contribution < -0.4 is 5.32 Å². The summed E-state index contributed by atoms with van der Waals surface area (Å²) in [6, 6.07) is 10.9. The third kappa shape index (κ3) is 10.00. The van der Waals surface area contributed by atoms with E-state index in [4.69, 9.17) is 16.4 Å². The highest BCUT2D eigenvalue weighted by Gasteiger charge is 2.55. The highest BCUT2D eigenvalue weighted by molar-refractivity contribution is 6.38. The summed E-state index contributed by atoms with van der Waals surface area (Å²) >= 11 is 6.30. The minimum absolute atomic E-state index is 0.00630. The quantitative estimate of drug-likeness (QED) is 0.194. The van der Waals surface area contributed by atoms with E-state index in [1.165, 1.54) is 11.3 Å². The average Bonchev–Trinajstić information content (AvgIpc) is 3.76. The zero-order chi connectivity index (χ0) is 41.1. The number of benzene rings is 2. The van der Waals surface area contributed by atoms with Gasteiger partial charge in [0.25, 0.3) is 0 Å². The second-order valence-electron chi connectivity index (χ2n) is 17.8. The average molecular weight is 798 g/mol. The standard InChI is InChI=1S/C46H56ClN3O7/c1-6-11-32(42(55)40(53)20-30-16-17-36-28(2)18-35(51)23-33(36)19-30)24-39(52)38-26-46(25-37(49-57-46)31-14-10-15-34(47)22-31)27-50(38)44(56)43(45(3,4)5)48-41(54)21-29-12-8-7-9-13-29/h10,14-19,22,29,32,38,43H,6-9,11-13,20-21,23-27H2,1-5H3,(H,48,54)/t32-,38+,43-,46-/m1/s1. The molecule has 0 unspecified atom stereocenters. The van der Waals surface area contributed by atoms with Crippen molar-refractivity contribution in [2.24, 2.45) is 22.4 Å². The molecule has 2 aromatic carbocycles. The zero-order valence-electron chi connectivity index (χ0n) is 34.0. The number of ketones is 4. The second kappa shape index (κ2) is 17.6. The molecule has 304 valence electrons. The number of rotatable bonds is 14. The van der Waals surface area contributed by atoms with Crippen LogP contribution in [-0.2, 0) is 46.4 Å². The largest absolute Gasteiger partial charge is 0.387 e. The van der Waals surface area contributed by atoms with E-state index in [2.05, 4.69) is 10.5 Å². The third-order valence-corrected chi connectivity index (χ3v) is 12.3. The monoisotopic (exact) mass is 797 g/mol. The van der Waals surface area contributed by atoms with Crippen molar-refractivity contribution >= 4 is 57.8 Å². The molecule has 0 aromatic heterocycles. The number of Topliss-reactive ketones (excluding diaryl/α,β-unsaturated/α-hetero) is 3. The van der Waals surface area contributed by atoms with Gasteiger partial charge in [-0.05, 0) is 78.0 Å². The van der Waals surface area contributed by atoms with E-state index in [1.807, 2.05) is 58.9 Å². The summed E-state index contributed by atoms with van der Waals surface area (Å²) in [5.74, 6) is -2.72. The fourth-order valence-electron chi connectivity index (χ4n) is 9.09. The van der Waals surface area contributed by atoms with Crippen molar-refractivity contribution in [2.75, 3.05) is 6.54 Å². The van der Waals surface area contributed by atoms with Gasteiger partial charge in [-0.1, -0.05) is 100 Å². The Morgan fingerprint density at radius 2 is 1.81 bits per heavy atom. The van der Waals surface area contributed by atoms with Gasteiger partial charge in [0, 0.05) is 55.0 Å². The number of allylic oxidation sites excluding steroid dienone is 2. The van der Waals surface area contributed by atoms with Gasteiger partial charge in [-0.15, -0.1) is 0 Å². The Morgan fingerprint density at radius 1 is 1.05 bits per heavy atom. The number of amides is 2. The number of carbonyl (C=O) groups excluding carboxylic acids is 6. The van der Waals surface area contributed by atoms with Crippen LogP contribution in [0.5, 0.6) is 0 Å². The van der Waals surface area contributed by atoms with Crippen molar-refractivity contribution < 1.29 is 33.6 Å². The van der Waals surface area contributed by atoms with E-state index >= 15 is 0 Å². The normalized spacial score (nSPS) is 22.0. The maximum absolute atomic E-state index is 14.8. The molecule has 1 saturated heterocycles. The maximum Gasteiger partial charge on any atom is 0.246 e. The summed E-state index contributed by atoms with van der Waals surface area (Å²) in [5, 5.41) is 8.01. The van der Waals surface area contributed by atoms with Gasteiger partial charge in [0.05, 0.1) is 18.3 Å². The highest BCUT2D eigenvalue weighted by Crippen LogP contribution is 2.41. The molecule has 2 fully saturated rings. The van der Waals surface area contributed by atoms with Gasteiger partial charge in [-0.2, -0.15) is 0 Å². The third-order valence-electron chi connectivity index (χ3n) is 12.1. The summed E-state index contributed by atoms with van der Waals surface area (Å²) in [7, 11) is 0. The summed E-state index contributed by atoms with van der Waals surface area (Å²) in [5.41, 5.74) is 3.01. The van der Waals surface area contributed by atoms with Gasteiger partial charge in [0.15, 0.2) is 17.2 Å². The Bertz CT molecular complexity index is 1990. The van der Waals surface area contributed by atoms with Crippen LogP contribution in [0.3, 0.4) is 0 Å². The second-order valence-corrected chi connectivity index (χ2v) is 18.3. The number of oxime groups is 1. The zero-order valence-corrected chi connectivity index (χ0v) is 34.7. The molecule has 2 aromatic rings. The molecule has 4 atom stereocenters. The van der Waals surface area contributed by atoms with Gasteiger partial charge < -0.3 is 15.1 Å². The first-order chi connectivity index (χ1) is 27.1.